The summed E-state index contributed by atoms with van der Waals surface area (Å²) in [7, 11) is 0. The lowest BCUT2D eigenvalue weighted by Crippen LogP contribution is -2.31. The average molecular weight is 713 g/mol. The number of hydrogen-bond donors (Lipinski definition) is 5. The van der Waals surface area contributed by atoms with E-state index in [0.717, 1.165) is 0 Å². The molecule has 44 heavy (non-hydrogen) atoms. The van der Waals surface area contributed by atoms with Gasteiger partial charge in [-0.2, -0.15) is 0 Å². The van der Waals surface area contributed by atoms with Gasteiger partial charge in [-0.05, 0) is 11.8 Å². The molecule has 238 valence electrons. The van der Waals surface area contributed by atoms with E-state index in [1.54, 1.807) is 0 Å². The standard InChI is InChI=1S/C20H24ClFN10O8P2S2/c21-11-10(3-36-41(33,34)43)39-20(32-7-30-13-16(24)26-5-28-18(13)32)14(11)40-42(35,44)37-2-8-1-9(22)19(38-8)31-6-29-12-15(23)25-4-27-17(12)31/h4-11,14,19-20H,1-3H2,(H,35,44)(H2,23,25,27)(H2,24,26,28)(H2,33,34,43)/t8-,9+,10+,11+,14+,19+,20+,42?/m0/s1. The van der Waals surface area contributed by atoms with Crippen molar-refractivity contribution in [1.82, 2.24) is 39.0 Å². The lowest BCUT2D eigenvalue weighted by molar-refractivity contribution is -0.0475. The van der Waals surface area contributed by atoms with Crippen molar-refractivity contribution in [3.8, 4) is 0 Å². The molecule has 6 N–H and O–H groups in total. The van der Waals surface area contributed by atoms with Crippen molar-refractivity contribution in [2.24, 2.45) is 0 Å². The fourth-order valence-electron chi connectivity index (χ4n) is 4.86. The Morgan fingerprint density at radius 3 is 2.18 bits per heavy atom. The minimum atomic E-state index is -4.24. The highest BCUT2D eigenvalue weighted by atomic mass is 35.5. The van der Waals surface area contributed by atoms with Crippen LogP contribution in [0.1, 0.15) is 18.9 Å². The predicted molar refractivity (Wildman–Crippen MR) is 159 cm³/mol. The number of thiol groups is 1. The smallest absolute Gasteiger partial charge is 0.382 e. The van der Waals surface area contributed by atoms with Crippen molar-refractivity contribution in [1.29, 1.82) is 0 Å². The zero-order valence-electron chi connectivity index (χ0n) is 22.1. The molecule has 1 unspecified atom stereocenters. The van der Waals surface area contributed by atoms with E-state index < -0.39 is 62.4 Å². The Bertz CT molecular complexity index is 1780. The van der Waals surface area contributed by atoms with Gasteiger partial charge in [0.15, 0.2) is 35.4 Å². The summed E-state index contributed by atoms with van der Waals surface area (Å²) >= 11 is 15.3. The fourth-order valence-corrected chi connectivity index (χ4v) is 7.25. The van der Waals surface area contributed by atoms with Crippen LogP contribution < -0.4 is 11.5 Å². The molecular weight excluding hydrogens is 689 g/mol. The molecule has 2 saturated heterocycles. The number of alkyl halides is 2. The van der Waals surface area contributed by atoms with Gasteiger partial charge in [0.05, 0.1) is 37.3 Å². The number of hydrogen-bond acceptors (Lipinski definition) is 15. The third kappa shape index (κ3) is 6.42. The van der Waals surface area contributed by atoms with Crippen molar-refractivity contribution in [2.75, 3.05) is 24.7 Å². The molecule has 6 rings (SSSR count). The van der Waals surface area contributed by atoms with Gasteiger partial charge < -0.3 is 35.3 Å². The Labute approximate surface area is 262 Å². The number of nitrogen functional groups attached to an aromatic ring is 2. The number of ether oxygens (including phenoxy) is 2. The first-order valence-electron chi connectivity index (χ1n) is 12.6. The molecular formula is C20H24ClFN10O8P2S2. The maximum absolute atomic E-state index is 15.1. The second-order valence-electron chi connectivity index (χ2n) is 9.70. The quantitative estimate of drug-likeness (QED) is 0.0891. The van der Waals surface area contributed by atoms with Crippen molar-refractivity contribution in [2.45, 2.75) is 48.7 Å². The van der Waals surface area contributed by atoms with Gasteiger partial charge in [0.25, 0.3) is 0 Å². The summed E-state index contributed by atoms with van der Waals surface area (Å²) in [4.78, 5) is 43.4. The maximum Gasteiger partial charge on any atom is 0.386 e. The molecule has 0 aliphatic carbocycles. The molecule has 0 saturated carbocycles. The highest BCUT2D eigenvalue weighted by Gasteiger charge is 2.50. The van der Waals surface area contributed by atoms with Crippen molar-refractivity contribution in [3.63, 3.8) is 0 Å². The van der Waals surface area contributed by atoms with Gasteiger partial charge in [0, 0.05) is 6.42 Å². The van der Waals surface area contributed by atoms with E-state index in [0.29, 0.717) is 5.52 Å². The highest BCUT2D eigenvalue weighted by molar-refractivity contribution is 8.44. The van der Waals surface area contributed by atoms with Crippen LogP contribution in [-0.2, 0) is 39.4 Å². The first kappa shape index (κ1) is 31.8. The third-order valence-electron chi connectivity index (χ3n) is 6.80. The summed E-state index contributed by atoms with van der Waals surface area (Å²) in [5.74, 6) is 0.227. The largest absolute Gasteiger partial charge is 0.386 e. The Morgan fingerprint density at radius 1 is 1.00 bits per heavy atom. The summed E-state index contributed by atoms with van der Waals surface area (Å²) in [6.07, 6.45) is -1.86. The lowest BCUT2D eigenvalue weighted by Gasteiger charge is -2.25. The number of anilines is 2. The third-order valence-corrected chi connectivity index (χ3v) is 9.75. The molecule has 2 fully saturated rings. The molecule has 0 amide bonds. The van der Waals surface area contributed by atoms with Gasteiger partial charge in [-0.1, -0.05) is 12.2 Å². The van der Waals surface area contributed by atoms with Gasteiger partial charge in [-0.15, -0.1) is 11.6 Å². The van der Waals surface area contributed by atoms with E-state index in [9.17, 15) is 14.4 Å². The van der Waals surface area contributed by atoms with Gasteiger partial charge in [-0.3, -0.25) is 18.2 Å². The number of aromatic nitrogens is 8. The Kier molecular flexibility index (Phi) is 8.85. The van der Waals surface area contributed by atoms with Crippen LogP contribution in [0.4, 0.5) is 16.0 Å². The van der Waals surface area contributed by atoms with Crippen LogP contribution in [0.15, 0.2) is 25.3 Å². The van der Waals surface area contributed by atoms with Crippen LogP contribution in [0, 0.1) is 0 Å². The molecule has 18 nitrogen and oxygen atoms in total. The maximum atomic E-state index is 15.1. The van der Waals surface area contributed by atoms with Crippen LogP contribution in [0.3, 0.4) is 0 Å². The molecule has 0 bridgehead atoms. The fraction of sp³-hybridized carbons (Fsp3) is 0.500. The van der Waals surface area contributed by atoms with E-state index >= 15 is 4.39 Å². The molecule has 4 aromatic rings. The zero-order chi connectivity index (χ0) is 31.4. The minimum Gasteiger partial charge on any atom is -0.382 e. The monoisotopic (exact) mass is 712 g/mol. The summed E-state index contributed by atoms with van der Waals surface area (Å²) < 4.78 is 59.3. The summed E-state index contributed by atoms with van der Waals surface area (Å²) in [6, 6.07) is 0. The van der Waals surface area contributed by atoms with Crippen molar-refractivity contribution in [3.05, 3.63) is 25.3 Å². The molecule has 6 heterocycles. The summed E-state index contributed by atoms with van der Waals surface area (Å²) in [6.45, 7) is -9.10. The van der Waals surface area contributed by atoms with Crippen molar-refractivity contribution < 1.29 is 41.8 Å². The zero-order valence-corrected chi connectivity index (χ0v) is 26.3. The molecule has 2 aliphatic heterocycles. The van der Waals surface area contributed by atoms with E-state index in [1.165, 1.54) is 34.4 Å². The highest BCUT2D eigenvalue weighted by Crippen LogP contribution is 2.58. The van der Waals surface area contributed by atoms with Gasteiger partial charge in [0.1, 0.15) is 42.1 Å². The second-order valence-corrected chi connectivity index (χ2v) is 15.7. The van der Waals surface area contributed by atoms with E-state index in [-0.39, 0.29) is 41.5 Å². The number of nitrogens with two attached hydrogens (primary N) is 2. The molecule has 4 aromatic heterocycles. The molecule has 8 atom stereocenters. The van der Waals surface area contributed by atoms with E-state index in [4.69, 9.17) is 46.1 Å². The predicted octanol–water partition coefficient (Wildman–Crippen LogP) is 1.63. The average Bonchev–Trinajstić information content (AvgIpc) is 3.72. The molecule has 0 radical (unpaired) electrons. The van der Waals surface area contributed by atoms with Crippen LogP contribution in [-0.4, -0.2) is 91.9 Å². The van der Waals surface area contributed by atoms with Crippen molar-refractivity contribution >= 4 is 83.1 Å². The molecule has 0 spiro atoms. The topological polar surface area (TPSA) is 243 Å². The first-order chi connectivity index (χ1) is 20.8. The van der Waals surface area contributed by atoms with Gasteiger partial charge >= 0.3 is 13.5 Å². The Hall–Kier alpha value is -2.13. The number of nitrogens with zero attached hydrogens (tertiary/aromatic N) is 8. The first-order valence-corrected chi connectivity index (χ1v) is 18.4. The van der Waals surface area contributed by atoms with E-state index in [2.05, 4.69) is 54.0 Å². The van der Waals surface area contributed by atoms with Crippen LogP contribution in [0.25, 0.3) is 22.3 Å². The van der Waals surface area contributed by atoms with E-state index in [1.807, 2.05) is 0 Å². The minimum absolute atomic E-state index is 0.0941. The van der Waals surface area contributed by atoms with Gasteiger partial charge in [0.2, 0.25) is 0 Å². The molecule has 0 aromatic carbocycles. The Balaban J connectivity index is 1.17. The Morgan fingerprint density at radius 2 is 1.59 bits per heavy atom. The second kappa shape index (κ2) is 12.2. The summed E-state index contributed by atoms with van der Waals surface area (Å²) in [5, 5.41) is -1.10. The number of halogens is 2. The lowest BCUT2D eigenvalue weighted by atomic mass is 10.2. The molecule has 24 heteroatoms. The number of rotatable bonds is 10. The SMILES string of the molecule is Nc1ncnc2c1ncn2[C@@H]1O[C@H](COP(O)(O)=S)[C@@H](Cl)[C@H]1OP(=O)(S)OC[C@@H]1C[C@@H](F)[C@H](n2cnc3c(N)ncnc32)O1. The van der Waals surface area contributed by atoms with Crippen LogP contribution in [0.5, 0.6) is 0 Å². The normalized spacial score (nSPS) is 29.1. The number of imidazole rings is 2. The van der Waals surface area contributed by atoms with Gasteiger partial charge in [-0.25, -0.2) is 38.9 Å². The molecule has 2 aliphatic rings. The summed E-state index contributed by atoms with van der Waals surface area (Å²) in [5.41, 5.74) is 12.8. The number of fused-ring (bicyclic) bond motifs is 2. The van der Waals surface area contributed by atoms with Crippen LogP contribution >= 0.6 is 37.4 Å². The van der Waals surface area contributed by atoms with Crippen LogP contribution in [0.2, 0.25) is 0 Å².